The van der Waals surface area contributed by atoms with Gasteiger partial charge >= 0.3 is 117 Å². The van der Waals surface area contributed by atoms with Crippen LogP contribution in [0.3, 0.4) is 0 Å². The Morgan fingerprint density at radius 2 is 0.670 bits per heavy atom. The molecule has 35 heteroatoms. The van der Waals surface area contributed by atoms with Gasteiger partial charge in [-0.3, -0.25) is 45.6 Å². The predicted octanol–water partition coefficient (Wildman–Crippen LogP) is 16.3. The molecule has 6 aliphatic rings. The summed E-state index contributed by atoms with van der Waals surface area (Å²) in [6.45, 7) is 17.0. The zero-order chi connectivity index (χ0) is 65.5. The Hall–Kier alpha value is -2.49. The predicted molar refractivity (Wildman–Crippen MR) is 333 cm³/mol. The van der Waals surface area contributed by atoms with Crippen LogP contribution in [-0.2, 0) is 4.43 Å². The van der Waals surface area contributed by atoms with Gasteiger partial charge in [0.15, 0.2) is 0 Å². The molecule has 8 rings (SSSR count). The van der Waals surface area contributed by atoms with E-state index in [1.165, 1.54) is 148 Å². The molecule has 0 saturated carbocycles. The summed E-state index contributed by atoms with van der Waals surface area (Å²) in [5, 5.41) is 26.3. The summed E-state index contributed by atoms with van der Waals surface area (Å²) in [7, 11) is -34.5. The quantitative estimate of drug-likeness (QED) is 0.0201. The fourth-order valence-corrected chi connectivity index (χ4v) is 19.3. The van der Waals surface area contributed by atoms with Crippen LogP contribution in [0.1, 0.15) is 118 Å². The van der Waals surface area contributed by atoms with Gasteiger partial charge in [-0.25, -0.2) is 0 Å². The number of unbranched alkanes of at least 4 members (excludes halogenated alkanes) is 7. The molecule has 0 bridgehead atoms. The third kappa shape index (κ3) is 33.4. The molecular weight excluding hydrogens is 1340 g/mol. The number of rotatable bonds is 24. The fourth-order valence-electron chi connectivity index (χ4n) is 11.1. The Labute approximate surface area is 518 Å². The second-order valence-electron chi connectivity index (χ2n) is 24.3. The van der Waals surface area contributed by atoms with Crippen molar-refractivity contribution >= 4 is 95.3 Å². The first-order valence-corrected chi connectivity index (χ1v) is 41.2. The van der Waals surface area contributed by atoms with E-state index in [4.69, 9.17) is 4.43 Å². The SMILES string of the molecule is CCCCCCCCCCSC[C@H]1CC[N+]2=C(N1)N[C@@H](CSC[C@H]1CC[N+]3=C(N[C@@H](CSC[C@H]4CC[N+]5=C(N[C@@H](CO[Si](c6ccccc6)(c6ccccc6)C(C)(C)C)CC5)N4)CC3)N1)CC2.F[P-](F)(F)(F)(F)F.F[P-](F)(F)(F)(F)F.F[P-](F)(F)(F)(F)F. The minimum atomic E-state index is -10.7. The van der Waals surface area contributed by atoms with Crippen molar-refractivity contribution < 1.29 is 93.7 Å². The van der Waals surface area contributed by atoms with Crippen molar-refractivity contribution in [3.05, 3.63) is 60.7 Å². The number of hydrogen-bond acceptors (Lipinski definition) is 10. The van der Waals surface area contributed by atoms with E-state index in [1.807, 2.05) is 0 Å². The standard InChI is InChI=1S/C53H85N9OS3Si.3F6P/c1-5-6-7-8-9-10-11-18-35-64-37-43-24-30-61-32-26-45(57-51(61)55-43)39-66-41-47-28-34-62-33-27-46(58-52(62)59-47)40-65-38-44-25-31-60-29-23-42(54-50(60)56-44)36-63-67(53(2,3)4,48-19-14-12-15-20-48)49-21-16-13-17-22-49;3*1-7(2,3,4,5)6/h12-17,19-22,42-47H,5-11,18,23-41H2,1-4H3,(H3,54,55,56,57,58,59);;;/q;3*-1/p+3/t42-,43-,44-,45-,46-,47-;;;/m1.../s1. The molecule has 0 amide bonds. The maximum absolute atomic E-state index is 10.7. The van der Waals surface area contributed by atoms with E-state index in [0.717, 1.165) is 44.1 Å². The van der Waals surface area contributed by atoms with Crippen LogP contribution in [0, 0.1) is 0 Å². The van der Waals surface area contributed by atoms with Crippen molar-refractivity contribution in [3.8, 4) is 0 Å². The summed E-state index contributed by atoms with van der Waals surface area (Å²) in [5.74, 6) is 11.0. The van der Waals surface area contributed by atoms with Crippen LogP contribution in [0.5, 0.6) is 0 Å². The number of hydrogen-bond donors (Lipinski definition) is 6. The zero-order valence-corrected chi connectivity index (χ0v) is 56.1. The van der Waals surface area contributed by atoms with Gasteiger partial charge in [-0.15, -0.1) is 0 Å². The van der Waals surface area contributed by atoms with Gasteiger partial charge in [0.05, 0.1) is 82.1 Å². The van der Waals surface area contributed by atoms with Gasteiger partial charge in [-0.2, -0.15) is 35.3 Å². The van der Waals surface area contributed by atoms with Crippen LogP contribution < -0.4 is 42.3 Å². The number of halogens is 18. The molecule has 0 fully saturated rings. The first-order valence-electron chi connectivity index (χ1n) is 29.7. The third-order valence-electron chi connectivity index (χ3n) is 15.1. The summed E-state index contributed by atoms with van der Waals surface area (Å²) in [6.07, 6.45) is 18.5. The van der Waals surface area contributed by atoms with E-state index >= 15 is 0 Å². The Bertz CT molecular complexity index is 2510. The van der Waals surface area contributed by atoms with Gasteiger partial charge in [0.2, 0.25) is 0 Å². The summed E-state index contributed by atoms with van der Waals surface area (Å²) >= 11 is 6.43. The Morgan fingerprint density at radius 3 is 0.966 bits per heavy atom. The molecule has 0 spiro atoms. The number of benzene rings is 2. The van der Waals surface area contributed by atoms with E-state index in [1.54, 1.807) is 0 Å². The molecule has 6 heterocycles. The number of guanidine groups is 3. The molecule has 514 valence electrons. The molecule has 6 N–H and O–H groups in total. The topological polar surface area (TPSA) is 90.4 Å². The van der Waals surface area contributed by atoms with Crippen molar-refractivity contribution in [2.45, 2.75) is 159 Å². The minimum absolute atomic E-state index is 0.0233. The van der Waals surface area contributed by atoms with Crippen molar-refractivity contribution in [1.82, 2.24) is 31.9 Å². The van der Waals surface area contributed by atoms with E-state index in [0.29, 0.717) is 36.8 Å². The van der Waals surface area contributed by atoms with Gasteiger partial charge in [0.25, 0.3) is 8.32 Å². The molecule has 6 atom stereocenters. The van der Waals surface area contributed by atoms with Crippen molar-refractivity contribution in [1.29, 1.82) is 0 Å². The summed E-state index contributed by atoms with van der Waals surface area (Å²) in [6, 6.07) is 25.1. The second kappa shape index (κ2) is 28.6. The summed E-state index contributed by atoms with van der Waals surface area (Å²) in [5.41, 5.74) is 0. The van der Waals surface area contributed by atoms with Gasteiger partial charge in [-0.1, -0.05) is 133 Å². The van der Waals surface area contributed by atoms with Crippen LogP contribution in [0.2, 0.25) is 5.04 Å². The Morgan fingerprint density at radius 1 is 0.409 bits per heavy atom. The van der Waals surface area contributed by atoms with E-state index in [9.17, 15) is 75.5 Å². The first-order chi connectivity index (χ1) is 40.1. The van der Waals surface area contributed by atoms with Gasteiger partial charge in [0, 0.05) is 67.3 Å². The molecule has 6 aliphatic heterocycles. The molecule has 0 radical (unpaired) electrons. The molecule has 10 nitrogen and oxygen atoms in total. The van der Waals surface area contributed by atoms with Crippen LogP contribution in [0.4, 0.5) is 75.5 Å². The Balaban J connectivity index is 0.000000574. The Kier molecular flexibility index (Phi) is 24.8. The van der Waals surface area contributed by atoms with Crippen molar-refractivity contribution in [2.24, 2.45) is 0 Å². The van der Waals surface area contributed by atoms with Gasteiger partial charge in [0.1, 0.15) is 0 Å². The third-order valence-corrected chi connectivity index (χ3v) is 23.9. The van der Waals surface area contributed by atoms with Crippen LogP contribution in [0.15, 0.2) is 60.7 Å². The van der Waals surface area contributed by atoms with Gasteiger partial charge in [-0.05, 0) is 27.6 Å². The summed E-state index contributed by atoms with van der Waals surface area (Å²) in [4.78, 5) is 0. The zero-order valence-electron chi connectivity index (χ0n) is 49.9. The van der Waals surface area contributed by atoms with Gasteiger partial charge < -0.3 is 4.43 Å². The first kappa shape index (κ1) is 76.2. The van der Waals surface area contributed by atoms with Crippen molar-refractivity contribution in [3.63, 3.8) is 0 Å². The number of nitrogens with zero attached hydrogens (tertiary/aromatic N) is 3. The molecule has 2 aromatic carbocycles. The second-order valence-corrected chi connectivity index (χ2v) is 37.6. The van der Waals surface area contributed by atoms with E-state index < -0.39 is 31.7 Å². The number of thioether (sulfide) groups is 3. The average Bonchev–Trinajstić information content (AvgIpc) is 1.04. The van der Waals surface area contributed by atoms with Crippen LogP contribution in [0.25, 0.3) is 0 Å². The monoisotopic (exact) mass is 1430 g/mol. The molecule has 0 aromatic heterocycles. The molecule has 88 heavy (non-hydrogen) atoms. The molecular formula is C53H88F18N9OP3S3Si. The van der Waals surface area contributed by atoms with E-state index in [-0.39, 0.29) is 11.1 Å². The van der Waals surface area contributed by atoms with Crippen molar-refractivity contribution in [2.75, 3.05) is 80.4 Å². The molecule has 0 saturated heterocycles. The van der Waals surface area contributed by atoms with Crippen LogP contribution in [-0.4, -0.2) is 157 Å². The number of nitrogens with one attached hydrogen (secondary N) is 6. The normalized spacial score (nSPS) is 24.8. The molecule has 0 aliphatic carbocycles. The van der Waals surface area contributed by atoms with E-state index in [2.05, 4.69) is 169 Å². The average molecular weight is 1430 g/mol. The van der Waals surface area contributed by atoms with Crippen LogP contribution >= 0.6 is 58.7 Å². The fraction of sp³-hybridized carbons (Fsp3) is 0.717. The molecule has 0 unspecified atom stereocenters. The summed E-state index contributed by atoms with van der Waals surface area (Å²) < 4.78 is 193. The molecule has 2 aromatic rings. The maximum atomic E-state index is 9.87.